The summed E-state index contributed by atoms with van der Waals surface area (Å²) in [5.74, 6) is 3.99. The van der Waals surface area contributed by atoms with E-state index in [9.17, 15) is 8.78 Å². The Kier molecular flexibility index (Phi) is 4.59. The van der Waals surface area contributed by atoms with Gasteiger partial charge in [-0.3, -0.25) is 5.84 Å². The highest BCUT2D eigenvalue weighted by Gasteiger charge is 2.24. The first-order valence-electron chi connectivity index (χ1n) is 5.60. The van der Waals surface area contributed by atoms with E-state index in [1.54, 1.807) is 12.1 Å². The maximum atomic E-state index is 14.1. The maximum absolute atomic E-state index is 14.1. The molecule has 0 bridgehead atoms. The number of hydrazine groups is 1. The predicted molar refractivity (Wildman–Crippen MR) is 79.1 cm³/mol. The minimum atomic E-state index is -0.926. The van der Waals surface area contributed by atoms with Gasteiger partial charge in [0.2, 0.25) is 0 Å². The molecule has 3 nitrogen and oxygen atoms in total. The van der Waals surface area contributed by atoms with E-state index >= 15 is 0 Å². The van der Waals surface area contributed by atoms with Crippen LogP contribution in [0.2, 0.25) is 5.02 Å². The Morgan fingerprint density at radius 3 is 2.50 bits per heavy atom. The molecule has 20 heavy (non-hydrogen) atoms. The Morgan fingerprint density at radius 1 is 1.20 bits per heavy atom. The molecular formula is C13H11BrClF2N3. The van der Waals surface area contributed by atoms with Crippen molar-refractivity contribution in [2.75, 3.05) is 5.73 Å². The summed E-state index contributed by atoms with van der Waals surface area (Å²) in [7, 11) is 0. The number of rotatable bonds is 3. The second kappa shape index (κ2) is 6.05. The van der Waals surface area contributed by atoms with Gasteiger partial charge in [0.15, 0.2) is 0 Å². The first kappa shape index (κ1) is 15.2. The van der Waals surface area contributed by atoms with Crippen molar-refractivity contribution in [1.29, 1.82) is 0 Å². The van der Waals surface area contributed by atoms with Crippen molar-refractivity contribution in [3.8, 4) is 0 Å². The van der Waals surface area contributed by atoms with Crippen LogP contribution in [0.3, 0.4) is 0 Å². The van der Waals surface area contributed by atoms with Crippen molar-refractivity contribution in [3.05, 3.63) is 62.6 Å². The highest BCUT2D eigenvalue weighted by atomic mass is 79.9. The maximum Gasteiger partial charge on any atom is 0.145 e. The Hall–Kier alpha value is -1.21. The standard InChI is InChI=1S/C13H11BrClF2N3/c14-8-3-4-9(16)11(12(8)17)13(20-19)7-2-1-6(15)5-10(7)18/h1-5,13,20H,18-19H2. The van der Waals surface area contributed by atoms with E-state index < -0.39 is 17.7 Å². The van der Waals surface area contributed by atoms with E-state index in [4.69, 9.17) is 23.2 Å². The third kappa shape index (κ3) is 2.78. The molecule has 2 rings (SSSR count). The average molecular weight is 363 g/mol. The van der Waals surface area contributed by atoms with Crippen molar-refractivity contribution < 1.29 is 8.78 Å². The fourth-order valence-electron chi connectivity index (χ4n) is 1.94. The number of benzene rings is 2. The monoisotopic (exact) mass is 361 g/mol. The fraction of sp³-hybridized carbons (Fsp3) is 0.0769. The third-order valence-electron chi connectivity index (χ3n) is 2.89. The van der Waals surface area contributed by atoms with E-state index in [2.05, 4.69) is 21.4 Å². The average Bonchev–Trinajstić information content (AvgIpc) is 2.40. The lowest BCUT2D eigenvalue weighted by Gasteiger charge is -2.20. The minimum absolute atomic E-state index is 0.140. The molecule has 0 spiro atoms. The number of anilines is 1. The zero-order valence-corrected chi connectivity index (χ0v) is 12.5. The van der Waals surface area contributed by atoms with Crippen molar-refractivity contribution >= 4 is 33.2 Å². The van der Waals surface area contributed by atoms with Crippen LogP contribution in [0, 0.1) is 11.6 Å². The molecule has 0 aliphatic carbocycles. The molecule has 1 unspecified atom stereocenters. The number of nitrogens with two attached hydrogens (primary N) is 2. The molecule has 0 aliphatic rings. The van der Waals surface area contributed by atoms with Crippen molar-refractivity contribution in [3.63, 3.8) is 0 Å². The molecule has 1 atom stereocenters. The van der Waals surface area contributed by atoms with Gasteiger partial charge in [-0.25, -0.2) is 14.2 Å². The van der Waals surface area contributed by atoms with Gasteiger partial charge in [0.1, 0.15) is 11.6 Å². The molecular weight excluding hydrogens is 352 g/mol. The first-order valence-corrected chi connectivity index (χ1v) is 6.77. The Balaban J connectivity index is 2.61. The molecule has 0 saturated heterocycles. The summed E-state index contributed by atoms with van der Waals surface area (Å²) < 4.78 is 28.2. The highest BCUT2D eigenvalue weighted by molar-refractivity contribution is 9.10. The predicted octanol–water partition coefficient (Wildman–Crippen LogP) is 3.52. The molecule has 0 radical (unpaired) electrons. The van der Waals surface area contributed by atoms with Gasteiger partial charge in [-0.05, 0) is 45.8 Å². The van der Waals surface area contributed by atoms with Gasteiger partial charge in [0.25, 0.3) is 0 Å². The normalized spacial score (nSPS) is 12.4. The lowest BCUT2D eigenvalue weighted by atomic mass is 9.97. The molecule has 0 saturated carbocycles. The van der Waals surface area contributed by atoms with Crippen molar-refractivity contribution in [2.45, 2.75) is 6.04 Å². The summed E-state index contributed by atoms with van der Waals surface area (Å²) >= 11 is 8.83. The van der Waals surface area contributed by atoms with Crippen LogP contribution in [-0.2, 0) is 0 Å². The lowest BCUT2D eigenvalue weighted by Crippen LogP contribution is -2.31. The van der Waals surface area contributed by atoms with E-state index in [1.807, 2.05) is 0 Å². The topological polar surface area (TPSA) is 64.1 Å². The molecule has 0 fully saturated rings. The summed E-state index contributed by atoms with van der Waals surface area (Å²) in [6, 6.07) is 6.15. The summed E-state index contributed by atoms with van der Waals surface area (Å²) in [6.45, 7) is 0. The summed E-state index contributed by atoms with van der Waals surface area (Å²) in [5.41, 5.74) is 8.73. The van der Waals surface area contributed by atoms with E-state index in [0.29, 0.717) is 16.3 Å². The summed E-state index contributed by atoms with van der Waals surface area (Å²) in [4.78, 5) is 0. The number of nitrogen functional groups attached to an aromatic ring is 1. The lowest BCUT2D eigenvalue weighted by molar-refractivity contribution is 0.508. The second-order valence-corrected chi connectivity index (χ2v) is 5.42. The van der Waals surface area contributed by atoms with Crippen molar-refractivity contribution in [2.24, 2.45) is 5.84 Å². The van der Waals surface area contributed by atoms with Gasteiger partial charge in [0, 0.05) is 16.3 Å². The van der Waals surface area contributed by atoms with E-state index in [1.165, 1.54) is 12.1 Å². The van der Waals surface area contributed by atoms with Crippen LogP contribution < -0.4 is 17.0 Å². The molecule has 2 aromatic carbocycles. The highest BCUT2D eigenvalue weighted by Crippen LogP contribution is 2.33. The number of halogens is 4. The van der Waals surface area contributed by atoms with Gasteiger partial charge in [-0.15, -0.1) is 0 Å². The van der Waals surface area contributed by atoms with Gasteiger partial charge in [-0.2, -0.15) is 0 Å². The zero-order chi connectivity index (χ0) is 14.9. The molecule has 2 aromatic rings. The molecule has 5 N–H and O–H groups in total. The molecule has 0 aromatic heterocycles. The molecule has 7 heteroatoms. The number of hydrogen-bond acceptors (Lipinski definition) is 3. The number of nitrogens with one attached hydrogen (secondary N) is 1. The smallest absolute Gasteiger partial charge is 0.145 e. The fourth-order valence-corrected chi connectivity index (χ4v) is 2.47. The van der Waals surface area contributed by atoms with Crippen molar-refractivity contribution in [1.82, 2.24) is 5.43 Å². The number of hydrogen-bond donors (Lipinski definition) is 3. The second-order valence-electron chi connectivity index (χ2n) is 4.13. The van der Waals surface area contributed by atoms with Crippen LogP contribution in [0.1, 0.15) is 17.2 Å². The quantitative estimate of drug-likeness (QED) is 0.339. The molecule has 106 valence electrons. The van der Waals surface area contributed by atoms with Crippen LogP contribution in [0.15, 0.2) is 34.8 Å². The Labute approximate surface area is 128 Å². The molecule has 0 aliphatic heterocycles. The van der Waals surface area contributed by atoms with Gasteiger partial charge in [-0.1, -0.05) is 17.7 Å². The molecule has 0 heterocycles. The van der Waals surface area contributed by atoms with Crippen LogP contribution >= 0.6 is 27.5 Å². The zero-order valence-electron chi connectivity index (χ0n) is 10.1. The Morgan fingerprint density at radius 2 is 1.90 bits per heavy atom. The van der Waals surface area contributed by atoms with Crippen LogP contribution in [0.5, 0.6) is 0 Å². The van der Waals surface area contributed by atoms with Crippen LogP contribution in [0.4, 0.5) is 14.5 Å². The van der Waals surface area contributed by atoms with E-state index in [-0.39, 0.29) is 10.0 Å². The van der Waals surface area contributed by atoms with Crippen LogP contribution in [0.25, 0.3) is 0 Å². The van der Waals surface area contributed by atoms with Gasteiger partial charge in [0.05, 0.1) is 10.5 Å². The summed E-state index contributed by atoms with van der Waals surface area (Å²) in [5, 5.41) is 0.428. The molecule has 0 amide bonds. The van der Waals surface area contributed by atoms with E-state index in [0.717, 1.165) is 6.07 Å². The van der Waals surface area contributed by atoms with Gasteiger partial charge < -0.3 is 5.73 Å². The Bertz CT molecular complexity index is 652. The largest absolute Gasteiger partial charge is 0.398 e. The van der Waals surface area contributed by atoms with Gasteiger partial charge >= 0.3 is 0 Å². The van der Waals surface area contributed by atoms with Crippen LogP contribution in [-0.4, -0.2) is 0 Å². The first-order chi connectivity index (χ1) is 9.45. The third-order valence-corrected chi connectivity index (χ3v) is 3.74. The minimum Gasteiger partial charge on any atom is -0.398 e. The summed E-state index contributed by atoms with van der Waals surface area (Å²) in [6.07, 6.45) is 0. The SMILES string of the molecule is NNC(c1ccc(Cl)cc1N)c1c(F)ccc(Br)c1F.